The molecule has 1 saturated carbocycles. The summed E-state index contributed by atoms with van der Waals surface area (Å²) in [6, 6.07) is 1.70. The van der Waals surface area contributed by atoms with Gasteiger partial charge in [-0.3, -0.25) is 0 Å². The third-order valence-electron chi connectivity index (χ3n) is 3.39. The van der Waals surface area contributed by atoms with E-state index in [4.69, 9.17) is 10.5 Å². The average molecular weight is 249 g/mol. The first-order valence-electron chi connectivity index (χ1n) is 6.73. The van der Waals surface area contributed by atoms with Crippen molar-refractivity contribution in [3.05, 3.63) is 11.9 Å². The van der Waals surface area contributed by atoms with Crippen molar-refractivity contribution in [2.45, 2.75) is 51.9 Å². The lowest BCUT2D eigenvalue weighted by molar-refractivity contribution is 0.216. The molecule has 0 aromatic carbocycles. The van der Waals surface area contributed by atoms with Gasteiger partial charge in [-0.2, -0.15) is 4.98 Å². The Bertz CT molecular complexity index is 408. The van der Waals surface area contributed by atoms with Crippen LogP contribution in [0.4, 0.5) is 5.82 Å². The molecule has 100 valence electrons. The number of rotatable bonds is 4. The molecule has 0 atom stereocenters. The standard InChI is InChI=1S/C14H23N3O/c1-14(2,3)13-16-11(15)9-12(17-13)18-8-7-10-5-4-6-10/h9-10H,4-8H2,1-3H3,(H2,15,16,17). The summed E-state index contributed by atoms with van der Waals surface area (Å²) < 4.78 is 5.70. The molecule has 2 N–H and O–H groups in total. The van der Waals surface area contributed by atoms with Gasteiger partial charge in [-0.05, 0) is 12.3 Å². The van der Waals surface area contributed by atoms with Crippen LogP contribution in [0.2, 0.25) is 0 Å². The minimum absolute atomic E-state index is 0.110. The predicted octanol–water partition coefficient (Wildman–Crippen LogP) is 2.93. The zero-order chi connectivity index (χ0) is 13.2. The molecule has 1 fully saturated rings. The Kier molecular flexibility index (Phi) is 3.73. The van der Waals surface area contributed by atoms with Crippen LogP contribution >= 0.6 is 0 Å². The van der Waals surface area contributed by atoms with E-state index in [1.807, 2.05) is 0 Å². The molecule has 0 bridgehead atoms. The SMILES string of the molecule is CC(C)(C)c1nc(N)cc(OCCC2CCC2)n1. The molecule has 0 amide bonds. The van der Waals surface area contributed by atoms with Gasteiger partial charge in [0.2, 0.25) is 5.88 Å². The van der Waals surface area contributed by atoms with Crippen molar-refractivity contribution in [1.82, 2.24) is 9.97 Å². The second-order valence-electron chi connectivity index (χ2n) is 6.14. The smallest absolute Gasteiger partial charge is 0.218 e. The minimum Gasteiger partial charge on any atom is -0.478 e. The summed E-state index contributed by atoms with van der Waals surface area (Å²) in [6.07, 6.45) is 5.19. The van der Waals surface area contributed by atoms with E-state index >= 15 is 0 Å². The molecule has 0 radical (unpaired) electrons. The predicted molar refractivity (Wildman–Crippen MR) is 72.6 cm³/mol. The molecule has 0 saturated heterocycles. The minimum atomic E-state index is -0.110. The number of nitrogens with two attached hydrogens (primary N) is 1. The van der Waals surface area contributed by atoms with Gasteiger partial charge in [-0.1, -0.05) is 40.0 Å². The van der Waals surface area contributed by atoms with Crippen molar-refractivity contribution in [3.63, 3.8) is 0 Å². The van der Waals surface area contributed by atoms with Crippen molar-refractivity contribution in [3.8, 4) is 5.88 Å². The molecule has 1 heterocycles. The molecule has 2 rings (SSSR count). The van der Waals surface area contributed by atoms with Gasteiger partial charge in [-0.25, -0.2) is 4.98 Å². The zero-order valence-corrected chi connectivity index (χ0v) is 11.6. The van der Waals surface area contributed by atoms with E-state index in [2.05, 4.69) is 30.7 Å². The maximum atomic E-state index is 5.79. The Morgan fingerprint density at radius 2 is 2.06 bits per heavy atom. The largest absolute Gasteiger partial charge is 0.478 e. The number of hydrogen-bond donors (Lipinski definition) is 1. The zero-order valence-electron chi connectivity index (χ0n) is 11.6. The fourth-order valence-electron chi connectivity index (χ4n) is 1.96. The Balaban J connectivity index is 1.96. The quantitative estimate of drug-likeness (QED) is 0.891. The maximum absolute atomic E-state index is 5.79. The van der Waals surface area contributed by atoms with Gasteiger partial charge in [0, 0.05) is 11.5 Å². The van der Waals surface area contributed by atoms with Crippen LogP contribution < -0.4 is 10.5 Å². The van der Waals surface area contributed by atoms with Gasteiger partial charge in [0.15, 0.2) is 0 Å². The lowest BCUT2D eigenvalue weighted by atomic mass is 9.83. The van der Waals surface area contributed by atoms with Crippen LogP contribution in [0.5, 0.6) is 5.88 Å². The fraction of sp³-hybridized carbons (Fsp3) is 0.714. The molecule has 1 aliphatic rings. The second-order valence-corrected chi connectivity index (χ2v) is 6.14. The highest BCUT2D eigenvalue weighted by atomic mass is 16.5. The Hall–Kier alpha value is -1.32. The fourth-order valence-corrected chi connectivity index (χ4v) is 1.96. The third-order valence-corrected chi connectivity index (χ3v) is 3.39. The van der Waals surface area contributed by atoms with Crippen molar-refractivity contribution < 1.29 is 4.74 Å². The summed E-state index contributed by atoms with van der Waals surface area (Å²) in [5.41, 5.74) is 5.68. The number of hydrogen-bond acceptors (Lipinski definition) is 4. The van der Waals surface area contributed by atoms with Gasteiger partial charge in [-0.15, -0.1) is 0 Å². The third kappa shape index (κ3) is 3.34. The van der Waals surface area contributed by atoms with E-state index < -0.39 is 0 Å². The highest BCUT2D eigenvalue weighted by Gasteiger charge is 2.20. The molecule has 4 heteroatoms. The molecule has 4 nitrogen and oxygen atoms in total. The van der Waals surface area contributed by atoms with Gasteiger partial charge in [0.25, 0.3) is 0 Å². The summed E-state index contributed by atoms with van der Waals surface area (Å²) in [4.78, 5) is 8.69. The Morgan fingerprint density at radius 3 is 2.61 bits per heavy atom. The van der Waals surface area contributed by atoms with E-state index in [1.54, 1.807) is 6.07 Å². The van der Waals surface area contributed by atoms with E-state index in [-0.39, 0.29) is 5.41 Å². The first kappa shape index (κ1) is 13.1. The number of ether oxygens (including phenoxy) is 1. The molecule has 1 aromatic rings. The first-order valence-corrected chi connectivity index (χ1v) is 6.73. The number of nitrogens with zero attached hydrogens (tertiary/aromatic N) is 2. The molecular formula is C14H23N3O. The van der Waals surface area contributed by atoms with Gasteiger partial charge >= 0.3 is 0 Å². The van der Waals surface area contributed by atoms with Gasteiger partial charge in [0.05, 0.1) is 6.61 Å². The van der Waals surface area contributed by atoms with Crippen LogP contribution in [0.15, 0.2) is 6.07 Å². The molecule has 18 heavy (non-hydrogen) atoms. The van der Waals surface area contributed by atoms with Crippen LogP contribution in [-0.2, 0) is 5.41 Å². The summed E-state index contributed by atoms with van der Waals surface area (Å²) in [5, 5.41) is 0. The van der Waals surface area contributed by atoms with E-state index in [0.717, 1.165) is 24.8 Å². The summed E-state index contributed by atoms with van der Waals surface area (Å²) in [5.74, 6) is 2.67. The van der Waals surface area contributed by atoms with Crippen molar-refractivity contribution in [1.29, 1.82) is 0 Å². The number of aromatic nitrogens is 2. The molecule has 1 aromatic heterocycles. The lowest BCUT2D eigenvalue weighted by Crippen LogP contribution is -2.18. The highest BCUT2D eigenvalue weighted by molar-refractivity contribution is 5.34. The van der Waals surface area contributed by atoms with Crippen LogP contribution in [0.25, 0.3) is 0 Å². The topological polar surface area (TPSA) is 61.0 Å². The summed E-state index contributed by atoms with van der Waals surface area (Å²) >= 11 is 0. The van der Waals surface area contributed by atoms with Gasteiger partial charge in [0.1, 0.15) is 11.6 Å². The van der Waals surface area contributed by atoms with Crippen molar-refractivity contribution >= 4 is 5.82 Å². The van der Waals surface area contributed by atoms with Crippen LogP contribution in [0.3, 0.4) is 0 Å². The summed E-state index contributed by atoms with van der Waals surface area (Å²) in [7, 11) is 0. The van der Waals surface area contributed by atoms with Crippen LogP contribution in [0, 0.1) is 5.92 Å². The molecule has 0 aliphatic heterocycles. The average Bonchev–Trinajstić information content (AvgIpc) is 2.20. The monoisotopic (exact) mass is 249 g/mol. The van der Waals surface area contributed by atoms with Crippen LogP contribution in [0.1, 0.15) is 52.3 Å². The van der Waals surface area contributed by atoms with E-state index in [1.165, 1.54) is 19.3 Å². The lowest BCUT2D eigenvalue weighted by Gasteiger charge is -2.25. The molecule has 1 aliphatic carbocycles. The van der Waals surface area contributed by atoms with Crippen molar-refractivity contribution in [2.24, 2.45) is 5.92 Å². The second kappa shape index (κ2) is 5.12. The molecular weight excluding hydrogens is 226 g/mol. The number of anilines is 1. The van der Waals surface area contributed by atoms with E-state index in [9.17, 15) is 0 Å². The normalized spacial score (nSPS) is 16.4. The number of nitrogen functional groups attached to an aromatic ring is 1. The van der Waals surface area contributed by atoms with Gasteiger partial charge < -0.3 is 10.5 Å². The summed E-state index contributed by atoms with van der Waals surface area (Å²) in [6.45, 7) is 6.93. The van der Waals surface area contributed by atoms with Crippen molar-refractivity contribution in [2.75, 3.05) is 12.3 Å². The Labute approximate surface area is 109 Å². The van der Waals surface area contributed by atoms with E-state index in [0.29, 0.717) is 11.7 Å². The maximum Gasteiger partial charge on any atom is 0.218 e. The first-order chi connectivity index (χ1) is 8.45. The van der Waals surface area contributed by atoms with Crippen LogP contribution in [-0.4, -0.2) is 16.6 Å². The molecule has 0 spiro atoms. The highest BCUT2D eigenvalue weighted by Crippen LogP contribution is 2.29. The molecule has 0 unspecified atom stereocenters. The Morgan fingerprint density at radius 1 is 1.33 bits per heavy atom.